The third-order valence-corrected chi connectivity index (χ3v) is 2.67. The van der Waals surface area contributed by atoms with Crippen LogP contribution in [0.5, 0.6) is 0 Å². The predicted octanol–water partition coefficient (Wildman–Crippen LogP) is 2.32. The molecule has 106 valence electrons. The van der Waals surface area contributed by atoms with Crippen LogP contribution >= 0.6 is 0 Å². The number of carboxylic acid groups (broad SMARTS) is 1. The lowest BCUT2D eigenvalue weighted by molar-refractivity contribution is -0.137. The highest BCUT2D eigenvalue weighted by Crippen LogP contribution is 2.09. The number of rotatable bonds is 6. The molecule has 6 nitrogen and oxygen atoms in total. The fourth-order valence-electron chi connectivity index (χ4n) is 1.77. The van der Waals surface area contributed by atoms with Crippen LogP contribution in [0.15, 0.2) is 24.3 Å². The zero-order valence-electron chi connectivity index (χ0n) is 11.2. The van der Waals surface area contributed by atoms with Crippen LogP contribution in [-0.2, 0) is 4.79 Å². The molecule has 6 heteroatoms. The van der Waals surface area contributed by atoms with E-state index in [9.17, 15) is 9.59 Å². The molecule has 20 heavy (non-hydrogen) atoms. The maximum absolute atomic E-state index is 11.8. The van der Waals surface area contributed by atoms with Crippen molar-refractivity contribution in [3.05, 3.63) is 29.8 Å². The Morgan fingerprint density at radius 2 is 2.00 bits per heavy atom. The molecule has 0 aliphatic rings. The summed E-state index contributed by atoms with van der Waals surface area (Å²) in [6.07, 6.45) is 1.29. The predicted molar refractivity (Wildman–Crippen MR) is 74.3 cm³/mol. The Balaban J connectivity index is 2.55. The minimum atomic E-state index is -0.942. The van der Waals surface area contributed by atoms with E-state index in [1.807, 2.05) is 13.0 Å². The van der Waals surface area contributed by atoms with E-state index in [1.165, 1.54) is 0 Å². The highest BCUT2D eigenvalue weighted by Gasteiger charge is 2.15. The van der Waals surface area contributed by atoms with Gasteiger partial charge in [-0.1, -0.05) is 13.3 Å². The lowest BCUT2D eigenvalue weighted by Gasteiger charge is -2.16. The monoisotopic (exact) mass is 275 g/mol. The second-order valence-corrected chi connectivity index (χ2v) is 4.37. The van der Waals surface area contributed by atoms with Crippen LogP contribution in [0.4, 0.5) is 10.5 Å². The minimum Gasteiger partial charge on any atom is -0.481 e. The summed E-state index contributed by atoms with van der Waals surface area (Å²) in [7, 11) is 0. The molecule has 0 saturated carbocycles. The highest BCUT2D eigenvalue weighted by atomic mass is 16.4. The number of hydrogen-bond acceptors (Lipinski definition) is 3. The Labute approximate surface area is 117 Å². The number of nitrogens with zero attached hydrogens (tertiary/aromatic N) is 1. The van der Waals surface area contributed by atoms with Crippen molar-refractivity contribution in [3.8, 4) is 6.07 Å². The number of nitriles is 1. The molecule has 0 saturated heterocycles. The number of nitrogens with one attached hydrogen (secondary N) is 2. The van der Waals surface area contributed by atoms with Gasteiger partial charge < -0.3 is 15.7 Å². The average molecular weight is 275 g/mol. The van der Waals surface area contributed by atoms with Crippen molar-refractivity contribution in [1.82, 2.24) is 5.32 Å². The fraction of sp³-hybridized carbons (Fsp3) is 0.357. The van der Waals surface area contributed by atoms with Crippen LogP contribution in [-0.4, -0.2) is 23.1 Å². The fourth-order valence-corrected chi connectivity index (χ4v) is 1.77. The van der Waals surface area contributed by atoms with E-state index < -0.39 is 18.0 Å². The molecule has 0 heterocycles. The van der Waals surface area contributed by atoms with Crippen molar-refractivity contribution in [3.63, 3.8) is 0 Å². The number of anilines is 1. The molecule has 0 aromatic heterocycles. The second-order valence-electron chi connectivity index (χ2n) is 4.37. The number of carboxylic acids is 1. The van der Waals surface area contributed by atoms with Crippen LogP contribution in [0.25, 0.3) is 0 Å². The first-order chi connectivity index (χ1) is 9.55. The van der Waals surface area contributed by atoms with Gasteiger partial charge in [0.2, 0.25) is 0 Å². The quantitative estimate of drug-likeness (QED) is 0.741. The number of carbonyl (C=O) groups excluding carboxylic acids is 1. The minimum absolute atomic E-state index is 0.103. The summed E-state index contributed by atoms with van der Waals surface area (Å²) in [5.74, 6) is -0.942. The van der Waals surface area contributed by atoms with E-state index in [-0.39, 0.29) is 6.42 Å². The molecule has 0 bridgehead atoms. The van der Waals surface area contributed by atoms with Gasteiger partial charge in [-0.15, -0.1) is 0 Å². The van der Waals surface area contributed by atoms with E-state index in [1.54, 1.807) is 24.3 Å². The molecule has 0 aliphatic carbocycles. The van der Waals surface area contributed by atoms with Gasteiger partial charge in [0.05, 0.1) is 18.1 Å². The molecule has 1 aromatic carbocycles. The van der Waals surface area contributed by atoms with Gasteiger partial charge in [-0.3, -0.25) is 4.79 Å². The Morgan fingerprint density at radius 1 is 1.35 bits per heavy atom. The number of hydrogen-bond donors (Lipinski definition) is 3. The van der Waals surface area contributed by atoms with Crippen LogP contribution in [0, 0.1) is 11.3 Å². The maximum atomic E-state index is 11.8. The Morgan fingerprint density at radius 3 is 2.50 bits per heavy atom. The molecular weight excluding hydrogens is 258 g/mol. The van der Waals surface area contributed by atoms with Crippen LogP contribution in [0.1, 0.15) is 31.7 Å². The topological polar surface area (TPSA) is 102 Å². The standard InChI is InChI=1S/C14H17N3O3/c1-2-3-12(8-13(18)19)17-14(20)16-11-6-4-10(9-15)5-7-11/h4-7,12H,2-3,8H2,1H3,(H,18,19)(H2,16,17,20). The van der Waals surface area contributed by atoms with Gasteiger partial charge >= 0.3 is 12.0 Å². The third-order valence-electron chi connectivity index (χ3n) is 2.67. The summed E-state index contributed by atoms with van der Waals surface area (Å²) in [5, 5.41) is 22.7. The van der Waals surface area contributed by atoms with Crippen LogP contribution in [0.2, 0.25) is 0 Å². The maximum Gasteiger partial charge on any atom is 0.319 e. The number of benzene rings is 1. The molecule has 0 radical (unpaired) electrons. The molecule has 3 N–H and O–H groups in total. The number of aliphatic carboxylic acids is 1. The average Bonchev–Trinajstić information content (AvgIpc) is 2.39. The van der Waals surface area contributed by atoms with Gasteiger partial charge in [-0.25, -0.2) is 4.79 Å². The zero-order chi connectivity index (χ0) is 15.0. The lowest BCUT2D eigenvalue weighted by Crippen LogP contribution is -2.39. The SMILES string of the molecule is CCCC(CC(=O)O)NC(=O)Nc1ccc(C#N)cc1. The smallest absolute Gasteiger partial charge is 0.319 e. The molecule has 0 aliphatic heterocycles. The van der Waals surface area contributed by atoms with Gasteiger partial charge in [0.15, 0.2) is 0 Å². The van der Waals surface area contributed by atoms with E-state index in [0.717, 1.165) is 6.42 Å². The van der Waals surface area contributed by atoms with Gasteiger partial charge in [0, 0.05) is 11.7 Å². The molecule has 0 fully saturated rings. The summed E-state index contributed by atoms with van der Waals surface area (Å²) in [4.78, 5) is 22.4. The second kappa shape index (κ2) is 7.79. The molecule has 1 rings (SSSR count). The Kier molecular flexibility index (Phi) is 6.04. The number of urea groups is 1. The van der Waals surface area contributed by atoms with Crippen molar-refractivity contribution in [2.24, 2.45) is 0 Å². The number of amides is 2. The van der Waals surface area contributed by atoms with Crippen molar-refractivity contribution in [1.29, 1.82) is 5.26 Å². The summed E-state index contributed by atoms with van der Waals surface area (Å²) >= 11 is 0. The largest absolute Gasteiger partial charge is 0.481 e. The molecule has 1 unspecified atom stereocenters. The van der Waals surface area contributed by atoms with Crippen molar-refractivity contribution in [2.75, 3.05) is 5.32 Å². The Bertz CT molecular complexity index is 505. The highest BCUT2D eigenvalue weighted by molar-refractivity contribution is 5.89. The summed E-state index contributed by atoms with van der Waals surface area (Å²) in [6, 6.07) is 7.56. The number of carbonyl (C=O) groups is 2. The van der Waals surface area contributed by atoms with Crippen LogP contribution in [0.3, 0.4) is 0 Å². The van der Waals surface area contributed by atoms with Crippen molar-refractivity contribution < 1.29 is 14.7 Å². The van der Waals surface area contributed by atoms with E-state index in [2.05, 4.69) is 10.6 Å². The molecule has 1 atom stereocenters. The summed E-state index contributed by atoms with van der Waals surface area (Å²) in [5.41, 5.74) is 1.05. The van der Waals surface area contributed by atoms with E-state index in [0.29, 0.717) is 17.7 Å². The lowest BCUT2D eigenvalue weighted by atomic mass is 10.1. The first-order valence-electron chi connectivity index (χ1n) is 6.34. The van der Waals surface area contributed by atoms with Crippen LogP contribution < -0.4 is 10.6 Å². The first kappa shape index (κ1) is 15.5. The van der Waals surface area contributed by atoms with Gasteiger partial charge in [-0.2, -0.15) is 5.26 Å². The normalized spacial score (nSPS) is 11.2. The van der Waals surface area contributed by atoms with E-state index >= 15 is 0 Å². The summed E-state index contributed by atoms with van der Waals surface area (Å²) in [6.45, 7) is 1.93. The third kappa shape index (κ3) is 5.40. The van der Waals surface area contributed by atoms with Crippen molar-refractivity contribution in [2.45, 2.75) is 32.2 Å². The zero-order valence-corrected chi connectivity index (χ0v) is 11.2. The molecule has 2 amide bonds. The van der Waals surface area contributed by atoms with Gasteiger partial charge in [-0.05, 0) is 30.7 Å². The van der Waals surface area contributed by atoms with Gasteiger partial charge in [0.25, 0.3) is 0 Å². The first-order valence-corrected chi connectivity index (χ1v) is 6.34. The van der Waals surface area contributed by atoms with E-state index in [4.69, 9.17) is 10.4 Å². The summed E-state index contributed by atoms with van der Waals surface area (Å²) < 4.78 is 0. The molecular formula is C14H17N3O3. The molecule has 0 spiro atoms. The Hall–Kier alpha value is -2.55. The molecule has 1 aromatic rings. The van der Waals surface area contributed by atoms with Gasteiger partial charge in [0.1, 0.15) is 0 Å². The van der Waals surface area contributed by atoms with Crippen molar-refractivity contribution >= 4 is 17.7 Å².